The lowest BCUT2D eigenvalue weighted by Gasteiger charge is -2.33. The summed E-state index contributed by atoms with van der Waals surface area (Å²) < 4.78 is 5.41. The summed E-state index contributed by atoms with van der Waals surface area (Å²) >= 11 is 0. The summed E-state index contributed by atoms with van der Waals surface area (Å²) in [6, 6.07) is 12.7. The van der Waals surface area contributed by atoms with E-state index in [4.69, 9.17) is 4.74 Å². The maximum absolute atomic E-state index is 12.8. The lowest BCUT2D eigenvalue weighted by molar-refractivity contribution is -0.123. The highest BCUT2D eigenvalue weighted by Crippen LogP contribution is 2.59. The molecule has 2 aliphatic rings. The molecule has 4 heteroatoms. The molecule has 1 aliphatic carbocycles. The number of aryl methyl sites for hydroxylation is 3. The monoisotopic (exact) mass is 420 g/mol. The largest absolute Gasteiger partial charge is 0.496 e. The number of piperidine rings is 1. The smallest absolute Gasteiger partial charge is 0.223 e. The summed E-state index contributed by atoms with van der Waals surface area (Å²) in [5, 5.41) is 3.18. The van der Waals surface area contributed by atoms with Crippen LogP contribution in [0.1, 0.15) is 47.1 Å². The van der Waals surface area contributed by atoms with Gasteiger partial charge in [0.15, 0.2) is 0 Å². The number of benzene rings is 2. The van der Waals surface area contributed by atoms with Gasteiger partial charge in [-0.2, -0.15) is 0 Å². The van der Waals surface area contributed by atoms with E-state index >= 15 is 0 Å². The van der Waals surface area contributed by atoms with E-state index in [1.807, 2.05) is 18.2 Å². The van der Waals surface area contributed by atoms with Crippen LogP contribution in [0.4, 0.5) is 0 Å². The number of amides is 1. The first kappa shape index (κ1) is 21.9. The minimum atomic E-state index is 0.204. The van der Waals surface area contributed by atoms with Crippen molar-refractivity contribution >= 4 is 5.91 Å². The molecule has 4 nitrogen and oxygen atoms in total. The number of hydrogen-bond donors (Lipinski definition) is 1. The van der Waals surface area contributed by atoms with Crippen LogP contribution in [-0.4, -0.2) is 37.6 Å². The Morgan fingerprint density at radius 2 is 1.77 bits per heavy atom. The molecular weight excluding hydrogens is 384 g/mol. The summed E-state index contributed by atoms with van der Waals surface area (Å²) in [5.41, 5.74) is 6.98. The van der Waals surface area contributed by atoms with Crippen molar-refractivity contribution in [1.29, 1.82) is 0 Å². The maximum atomic E-state index is 12.8. The van der Waals surface area contributed by atoms with Crippen LogP contribution in [0.3, 0.4) is 0 Å². The minimum Gasteiger partial charge on any atom is -0.496 e. The second-order valence-corrected chi connectivity index (χ2v) is 9.61. The quantitative estimate of drug-likeness (QED) is 0.713. The summed E-state index contributed by atoms with van der Waals surface area (Å²) in [4.78, 5) is 15.3. The van der Waals surface area contributed by atoms with Crippen molar-refractivity contribution in [2.45, 2.75) is 53.0 Å². The second-order valence-electron chi connectivity index (χ2n) is 9.61. The number of rotatable bonds is 7. The summed E-state index contributed by atoms with van der Waals surface area (Å²) in [7, 11) is 1.69. The molecule has 1 spiro atoms. The molecule has 1 saturated carbocycles. The zero-order valence-corrected chi connectivity index (χ0v) is 19.5. The molecule has 1 N–H and O–H groups in total. The average molecular weight is 421 g/mol. The Bertz CT molecular complexity index is 944. The predicted octanol–water partition coefficient (Wildman–Crippen LogP) is 4.58. The van der Waals surface area contributed by atoms with Gasteiger partial charge in [0.05, 0.1) is 7.11 Å². The number of ether oxygens (including phenoxy) is 1. The maximum Gasteiger partial charge on any atom is 0.223 e. The first-order valence-corrected chi connectivity index (χ1v) is 11.6. The van der Waals surface area contributed by atoms with Crippen LogP contribution in [0.15, 0.2) is 36.4 Å². The van der Waals surface area contributed by atoms with Gasteiger partial charge in [-0.25, -0.2) is 0 Å². The standard InChI is InChI=1S/C27H36N2O2/c1-19-15-21(3)23(16-20(19)2)18-29-13-10-27(11-14-29)17-24(27)26(30)28-12-9-22-7-5-6-8-25(22)31-4/h5-8,15-16,24H,9-14,17-18H2,1-4H3,(H,28,30). The Morgan fingerprint density at radius 3 is 2.52 bits per heavy atom. The Hall–Kier alpha value is -2.33. The second kappa shape index (κ2) is 9.04. The Labute approximate surface area is 187 Å². The van der Waals surface area contributed by atoms with Gasteiger partial charge in [-0.15, -0.1) is 0 Å². The SMILES string of the molecule is COc1ccccc1CCNC(=O)C1CC12CCN(Cc1cc(C)c(C)cc1C)CC2. The Kier molecular flexibility index (Phi) is 6.38. The molecule has 1 amide bonds. The molecular formula is C27H36N2O2. The Morgan fingerprint density at radius 1 is 1.06 bits per heavy atom. The van der Waals surface area contributed by atoms with Crippen LogP contribution in [0.2, 0.25) is 0 Å². The van der Waals surface area contributed by atoms with Crippen LogP contribution in [-0.2, 0) is 17.8 Å². The predicted molar refractivity (Wildman–Crippen MR) is 125 cm³/mol. The molecule has 1 atom stereocenters. The molecule has 1 saturated heterocycles. The fourth-order valence-corrected chi connectivity index (χ4v) is 5.21. The molecule has 2 aromatic rings. The minimum absolute atomic E-state index is 0.204. The highest BCUT2D eigenvalue weighted by molar-refractivity contribution is 5.82. The molecule has 0 radical (unpaired) electrons. The number of nitrogens with one attached hydrogen (secondary N) is 1. The van der Waals surface area contributed by atoms with E-state index in [0.717, 1.165) is 56.6 Å². The van der Waals surface area contributed by atoms with Crippen molar-refractivity contribution in [2.75, 3.05) is 26.7 Å². The van der Waals surface area contributed by atoms with Crippen molar-refractivity contribution < 1.29 is 9.53 Å². The van der Waals surface area contributed by atoms with Gasteiger partial charge in [-0.3, -0.25) is 9.69 Å². The number of carbonyl (C=O) groups is 1. The third-order valence-electron chi connectivity index (χ3n) is 7.59. The van der Waals surface area contributed by atoms with Crippen molar-refractivity contribution in [3.05, 3.63) is 64.2 Å². The van der Waals surface area contributed by atoms with Gasteiger partial charge in [0.25, 0.3) is 0 Å². The van der Waals surface area contributed by atoms with Gasteiger partial charge < -0.3 is 10.1 Å². The lowest BCUT2D eigenvalue weighted by Crippen LogP contribution is -2.37. The summed E-state index contributed by atoms with van der Waals surface area (Å²) in [6.45, 7) is 10.5. The van der Waals surface area contributed by atoms with Gasteiger partial charge in [0.2, 0.25) is 5.91 Å². The fraction of sp³-hybridized carbons (Fsp3) is 0.519. The van der Waals surface area contributed by atoms with E-state index in [0.29, 0.717) is 6.54 Å². The number of hydrogen-bond acceptors (Lipinski definition) is 3. The van der Waals surface area contributed by atoms with E-state index in [2.05, 4.69) is 49.2 Å². The van der Waals surface area contributed by atoms with Gasteiger partial charge in [-0.1, -0.05) is 30.3 Å². The summed E-state index contributed by atoms with van der Waals surface area (Å²) in [5.74, 6) is 1.34. The molecule has 2 fully saturated rings. The van der Waals surface area contributed by atoms with Crippen molar-refractivity contribution in [3.8, 4) is 5.75 Å². The van der Waals surface area contributed by atoms with Gasteiger partial charge >= 0.3 is 0 Å². The number of para-hydroxylation sites is 1. The number of methoxy groups -OCH3 is 1. The van der Waals surface area contributed by atoms with Gasteiger partial charge in [0.1, 0.15) is 5.75 Å². The van der Waals surface area contributed by atoms with E-state index in [1.165, 1.54) is 22.3 Å². The first-order valence-electron chi connectivity index (χ1n) is 11.6. The van der Waals surface area contributed by atoms with Crippen LogP contribution >= 0.6 is 0 Å². The average Bonchev–Trinajstić information content (AvgIpc) is 3.47. The van der Waals surface area contributed by atoms with Crippen molar-refractivity contribution in [1.82, 2.24) is 10.2 Å². The molecule has 0 aromatic heterocycles. The number of nitrogens with zero attached hydrogens (tertiary/aromatic N) is 1. The van der Waals surface area contributed by atoms with Crippen LogP contribution in [0.5, 0.6) is 5.75 Å². The third-order valence-corrected chi connectivity index (χ3v) is 7.59. The molecule has 2 aromatic carbocycles. The van der Waals surface area contributed by atoms with Crippen LogP contribution < -0.4 is 10.1 Å². The van der Waals surface area contributed by atoms with Gasteiger partial charge in [0, 0.05) is 19.0 Å². The van der Waals surface area contributed by atoms with Crippen molar-refractivity contribution in [2.24, 2.45) is 11.3 Å². The Balaban J connectivity index is 1.24. The molecule has 1 unspecified atom stereocenters. The molecule has 31 heavy (non-hydrogen) atoms. The zero-order chi connectivity index (χ0) is 22.0. The highest BCUT2D eigenvalue weighted by atomic mass is 16.5. The zero-order valence-electron chi connectivity index (χ0n) is 19.5. The van der Waals surface area contributed by atoms with Crippen molar-refractivity contribution in [3.63, 3.8) is 0 Å². The van der Waals surface area contributed by atoms with E-state index in [-0.39, 0.29) is 17.2 Å². The van der Waals surface area contributed by atoms with Crippen LogP contribution in [0.25, 0.3) is 0 Å². The third kappa shape index (κ3) is 4.79. The number of likely N-dealkylation sites (tertiary alicyclic amines) is 1. The molecule has 166 valence electrons. The molecule has 0 bridgehead atoms. The lowest BCUT2D eigenvalue weighted by atomic mass is 9.90. The summed E-state index contributed by atoms with van der Waals surface area (Å²) in [6.07, 6.45) is 4.14. The van der Waals surface area contributed by atoms with E-state index in [1.54, 1.807) is 7.11 Å². The normalized spacial score (nSPS) is 19.9. The van der Waals surface area contributed by atoms with E-state index in [9.17, 15) is 4.79 Å². The van der Waals surface area contributed by atoms with E-state index < -0.39 is 0 Å². The number of carbonyl (C=O) groups excluding carboxylic acids is 1. The molecule has 4 rings (SSSR count). The van der Waals surface area contributed by atoms with Gasteiger partial charge in [-0.05, 0) is 98.8 Å². The topological polar surface area (TPSA) is 41.6 Å². The highest BCUT2D eigenvalue weighted by Gasteiger charge is 2.58. The molecule has 1 heterocycles. The molecule has 1 aliphatic heterocycles. The fourth-order valence-electron chi connectivity index (χ4n) is 5.21. The first-order chi connectivity index (χ1) is 14.9. The van der Waals surface area contributed by atoms with Crippen LogP contribution in [0, 0.1) is 32.1 Å².